The van der Waals surface area contributed by atoms with Crippen molar-refractivity contribution in [2.75, 3.05) is 19.6 Å². The van der Waals surface area contributed by atoms with Gasteiger partial charge in [0.25, 0.3) is 0 Å². The number of piperidine rings is 1. The smallest absolute Gasteiger partial charge is 0.223 e. The number of halogens is 1. The van der Waals surface area contributed by atoms with Gasteiger partial charge in [0.1, 0.15) is 0 Å². The van der Waals surface area contributed by atoms with Crippen LogP contribution in [0.1, 0.15) is 25.0 Å². The highest BCUT2D eigenvalue weighted by Crippen LogP contribution is 2.39. The third-order valence-electron chi connectivity index (χ3n) is 4.21. The summed E-state index contributed by atoms with van der Waals surface area (Å²) in [6.07, 6.45) is 4.73. The van der Waals surface area contributed by atoms with Gasteiger partial charge in [-0.15, -0.1) is 0 Å². The first-order valence-electron chi connectivity index (χ1n) is 6.76. The fraction of sp³-hybridized carbons (Fsp3) is 0.571. The first-order chi connectivity index (χ1) is 9.17. The van der Waals surface area contributed by atoms with Crippen molar-refractivity contribution in [2.24, 2.45) is 5.41 Å². The number of amides is 1. The summed E-state index contributed by atoms with van der Waals surface area (Å²) in [6, 6.07) is 3.95. The van der Waals surface area contributed by atoms with Crippen LogP contribution in [0, 0.1) is 5.41 Å². The van der Waals surface area contributed by atoms with Crippen LogP contribution in [-0.4, -0.2) is 35.4 Å². The summed E-state index contributed by atoms with van der Waals surface area (Å²) >= 11 is 3.38. The monoisotopic (exact) mass is 323 g/mol. The highest BCUT2D eigenvalue weighted by atomic mass is 79.9. The van der Waals surface area contributed by atoms with E-state index in [-0.39, 0.29) is 11.3 Å². The second kappa shape index (κ2) is 5.21. The molecule has 2 aliphatic heterocycles. The lowest BCUT2D eigenvalue weighted by molar-refractivity contribution is -0.128. The normalized spacial score (nSPS) is 22.2. The van der Waals surface area contributed by atoms with Crippen molar-refractivity contribution in [3.05, 3.63) is 28.5 Å². The van der Waals surface area contributed by atoms with E-state index in [1.54, 1.807) is 6.20 Å². The number of nitrogens with zero attached hydrogens (tertiary/aromatic N) is 2. The SMILES string of the molecule is O=C1CC2(CCNCC2)CN1Cc1ccc(Br)cn1. The molecule has 4 nitrogen and oxygen atoms in total. The molecule has 1 amide bonds. The lowest BCUT2D eigenvalue weighted by Gasteiger charge is -2.33. The molecule has 1 aromatic heterocycles. The molecule has 1 spiro atoms. The Hall–Kier alpha value is -0.940. The summed E-state index contributed by atoms with van der Waals surface area (Å²) < 4.78 is 0.971. The maximum atomic E-state index is 12.2. The van der Waals surface area contributed by atoms with Gasteiger partial charge in [-0.05, 0) is 59.4 Å². The standard InChI is InChI=1S/C14H18BrN3O/c15-11-1-2-12(17-8-11)9-18-10-14(7-13(18)19)3-5-16-6-4-14/h1-2,8,16H,3-7,9-10H2. The molecule has 2 aliphatic rings. The maximum Gasteiger partial charge on any atom is 0.223 e. The molecule has 0 aromatic carbocycles. The predicted octanol–water partition coefficient (Wildman–Crippen LogP) is 1.95. The third kappa shape index (κ3) is 2.82. The number of rotatable bonds is 2. The molecular formula is C14H18BrN3O. The molecule has 0 atom stereocenters. The number of carbonyl (C=O) groups is 1. The first kappa shape index (κ1) is 13.1. The molecule has 0 saturated carbocycles. The Kier molecular flexibility index (Phi) is 3.58. The van der Waals surface area contributed by atoms with Crippen LogP contribution in [-0.2, 0) is 11.3 Å². The van der Waals surface area contributed by atoms with E-state index in [9.17, 15) is 4.79 Å². The van der Waals surface area contributed by atoms with E-state index in [0.717, 1.165) is 42.6 Å². The highest BCUT2D eigenvalue weighted by Gasteiger charge is 2.43. The molecule has 102 valence electrons. The van der Waals surface area contributed by atoms with Crippen molar-refractivity contribution >= 4 is 21.8 Å². The minimum absolute atomic E-state index is 0.220. The van der Waals surface area contributed by atoms with Gasteiger partial charge >= 0.3 is 0 Å². The molecule has 0 bridgehead atoms. The van der Waals surface area contributed by atoms with Crippen molar-refractivity contribution in [1.29, 1.82) is 0 Å². The number of likely N-dealkylation sites (tertiary alicyclic amines) is 1. The molecule has 1 N–H and O–H groups in total. The molecular weight excluding hydrogens is 306 g/mol. The lowest BCUT2D eigenvalue weighted by Crippen LogP contribution is -2.38. The Labute approximate surface area is 121 Å². The third-order valence-corrected chi connectivity index (χ3v) is 4.68. The summed E-state index contributed by atoms with van der Waals surface area (Å²) in [5, 5.41) is 3.37. The molecule has 0 aliphatic carbocycles. The summed E-state index contributed by atoms with van der Waals surface area (Å²) in [5.74, 6) is 0.284. The largest absolute Gasteiger partial charge is 0.336 e. The molecule has 0 radical (unpaired) electrons. The van der Waals surface area contributed by atoms with Crippen LogP contribution in [0.25, 0.3) is 0 Å². The van der Waals surface area contributed by atoms with E-state index in [0.29, 0.717) is 13.0 Å². The highest BCUT2D eigenvalue weighted by molar-refractivity contribution is 9.10. The van der Waals surface area contributed by atoms with E-state index in [2.05, 4.69) is 26.2 Å². The Balaban J connectivity index is 1.68. The van der Waals surface area contributed by atoms with Crippen molar-refractivity contribution in [1.82, 2.24) is 15.2 Å². The molecule has 5 heteroatoms. The topological polar surface area (TPSA) is 45.2 Å². The maximum absolute atomic E-state index is 12.2. The second-order valence-electron chi connectivity index (χ2n) is 5.64. The second-order valence-corrected chi connectivity index (χ2v) is 6.56. The Morgan fingerprint density at radius 1 is 1.37 bits per heavy atom. The lowest BCUT2D eigenvalue weighted by atomic mass is 9.78. The molecule has 1 aromatic rings. The van der Waals surface area contributed by atoms with Crippen molar-refractivity contribution in [2.45, 2.75) is 25.8 Å². The van der Waals surface area contributed by atoms with Gasteiger partial charge in [-0.3, -0.25) is 9.78 Å². The number of carbonyl (C=O) groups excluding carboxylic acids is 1. The van der Waals surface area contributed by atoms with Crippen LogP contribution >= 0.6 is 15.9 Å². The average Bonchev–Trinajstić information content (AvgIpc) is 2.69. The summed E-state index contributed by atoms with van der Waals surface area (Å²) in [7, 11) is 0. The molecule has 0 unspecified atom stereocenters. The van der Waals surface area contributed by atoms with E-state index in [4.69, 9.17) is 0 Å². The van der Waals surface area contributed by atoms with Crippen LogP contribution < -0.4 is 5.32 Å². The average molecular weight is 324 g/mol. The van der Waals surface area contributed by atoms with Gasteiger partial charge in [-0.2, -0.15) is 0 Å². The number of nitrogens with one attached hydrogen (secondary N) is 1. The summed E-state index contributed by atoms with van der Waals surface area (Å²) in [5.41, 5.74) is 1.18. The van der Waals surface area contributed by atoms with Crippen molar-refractivity contribution in [3.8, 4) is 0 Å². The minimum atomic E-state index is 0.220. The zero-order chi connectivity index (χ0) is 13.3. The zero-order valence-corrected chi connectivity index (χ0v) is 12.4. The Morgan fingerprint density at radius 2 is 2.16 bits per heavy atom. The van der Waals surface area contributed by atoms with E-state index in [1.807, 2.05) is 17.0 Å². The molecule has 3 heterocycles. The summed E-state index contributed by atoms with van der Waals surface area (Å²) in [4.78, 5) is 18.5. The number of aromatic nitrogens is 1. The number of pyridine rings is 1. The molecule has 19 heavy (non-hydrogen) atoms. The van der Waals surface area contributed by atoms with Crippen LogP contribution in [0.2, 0.25) is 0 Å². The zero-order valence-electron chi connectivity index (χ0n) is 10.9. The fourth-order valence-electron chi connectivity index (χ4n) is 3.11. The van der Waals surface area contributed by atoms with Crippen LogP contribution in [0.15, 0.2) is 22.8 Å². The molecule has 2 fully saturated rings. The van der Waals surface area contributed by atoms with Crippen LogP contribution in [0.5, 0.6) is 0 Å². The fourth-order valence-corrected chi connectivity index (χ4v) is 3.35. The van der Waals surface area contributed by atoms with E-state index in [1.165, 1.54) is 0 Å². The van der Waals surface area contributed by atoms with Gasteiger partial charge in [0.2, 0.25) is 5.91 Å². The van der Waals surface area contributed by atoms with Crippen molar-refractivity contribution in [3.63, 3.8) is 0 Å². The van der Waals surface area contributed by atoms with E-state index >= 15 is 0 Å². The van der Waals surface area contributed by atoms with Gasteiger partial charge in [0.05, 0.1) is 12.2 Å². The molecule has 2 saturated heterocycles. The van der Waals surface area contributed by atoms with Gasteiger partial charge in [0.15, 0.2) is 0 Å². The quantitative estimate of drug-likeness (QED) is 0.904. The Bertz CT molecular complexity index is 468. The van der Waals surface area contributed by atoms with Gasteiger partial charge in [-0.25, -0.2) is 0 Å². The predicted molar refractivity (Wildman–Crippen MR) is 76.5 cm³/mol. The number of hydrogen-bond donors (Lipinski definition) is 1. The molecule has 3 rings (SSSR count). The number of hydrogen-bond acceptors (Lipinski definition) is 3. The Morgan fingerprint density at radius 3 is 2.84 bits per heavy atom. The first-order valence-corrected chi connectivity index (χ1v) is 7.55. The minimum Gasteiger partial charge on any atom is -0.336 e. The van der Waals surface area contributed by atoms with Gasteiger partial charge < -0.3 is 10.2 Å². The summed E-state index contributed by atoms with van der Waals surface area (Å²) in [6.45, 7) is 3.61. The van der Waals surface area contributed by atoms with E-state index < -0.39 is 0 Å². The van der Waals surface area contributed by atoms with Crippen LogP contribution in [0.3, 0.4) is 0 Å². The van der Waals surface area contributed by atoms with Crippen LogP contribution in [0.4, 0.5) is 0 Å². The van der Waals surface area contributed by atoms with Crippen molar-refractivity contribution < 1.29 is 4.79 Å². The van der Waals surface area contributed by atoms with Gasteiger partial charge in [0, 0.05) is 23.6 Å². The van der Waals surface area contributed by atoms with Gasteiger partial charge in [-0.1, -0.05) is 0 Å².